The highest BCUT2D eigenvalue weighted by atomic mass is 35.5. The Labute approximate surface area is 139 Å². The highest BCUT2D eigenvalue weighted by Gasteiger charge is 2.29. The second-order valence-electron chi connectivity index (χ2n) is 6.38. The molecule has 0 aromatic heterocycles. The number of ether oxygens (including phenoxy) is 1. The van der Waals surface area contributed by atoms with Crippen LogP contribution in [0.2, 0.25) is 0 Å². The summed E-state index contributed by atoms with van der Waals surface area (Å²) in [6, 6.07) is 8.31. The van der Waals surface area contributed by atoms with Crippen molar-refractivity contribution in [1.82, 2.24) is 10.6 Å². The van der Waals surface area contributed by atoms with Crippen molar-refractivity contribution in [2.24, 2.45) is 5.41 Å². The number of nitrogens with one attached hydrogen (secondary N) is 2. The van der Waals surface area contributed by atoms with Crippen LogP contribution in [0.4, 0.5) is 0 Å². The summed E-state index contributed by atoms with van der Waals surface area (Å²) in [7, 11) is 1.66. The largest absolute Gasteiger partial charge is 0.496 e. The molecule has 1 atom stereocenters. The molecule has 1 aliphatic heterocycles. The van der Waals surface area contributed by atoms with Gasteiger partial charge in [0, 0.05) is 18.0 Å². The first kappa shape index (κ1) is 18.8. The number of para-hydroxylation sites is 1. The van der Waals surface area contributed by atoms with Gasteiger partial charge in [0.2, 0.25) is 5.91 Å². The molecule has 1 heterocycles. The average molecular weight is 327 g/mol. The first-order chi connectivity index (χ1) is 10.0. The zero-order valence-electron chi connectivity index (χ0n) is 13.6. The molecule has 0 spiro atoms. The van der Waals surface area contributed by atoms with Crippen LogP contribution in [0.1, 0.15) is 32.3 Å². The summed E-state index contributed by atoms with van der Waals surface area (Å²) in [5, 5.41) is 6.48. The molecular weight excluding hydrogens is 300 g/mol. The molecule has 0 saturated carbocycles. The van der Waals surface area contributed by atoms with Crippen LogP contribution < -0.4 is 15.4 Å². The fourth-order valence-corrected chi connectivity index (χ4v) is 2.79. The summed E-state index contributed by atoms with van der Waals surface area (Å²) in [4.78, 5) is 12.4. The lowest BCUT2D eigenvalue weighted by molar-refractivity contribution is -0.129. The van der Waals surface area contributed by atoms with Crippen LogP contribution in [0, 0.1) is 5.41 Å². The molecule has 1 aromatic rings. The minimum Gasteiger partial charge on any atom is -0.496 e. The number of rotatable bonds is 6. The Morgan fingerprint density at radius 2 is 2.14 bits per heavy atom. The molecular formula is C17H27ClN2O2. The van der Waals surface area contributed by atoms with E-state index in [1.807, 2.05) is 38.1 Å². The first-order valence-corrected chi connectivity index (χ1v) is 7.66. The second-order valence-corrected chi connectivity index (χ2v) is 6.38. The van der Waals surface area contributed by atoms with E-state index < -0.39 is 5.41 Å². The van der Waals surface area contributed by atoms with Gasteiger partial charge in [0.25, 0.3) is 0 Å². The van der Waals surface area contributed by atoms with Gasteiger partial charge < -0.3 is 15.4 Å². The van der Waals surface area contributed by atoms with Gasteiger partial charge in [-0.05, 0) is 37.4 Å². The molecule has 0 bridgehead atoms. The number of carbonyl (C=O) groups excluding carboxylic acids is 1. The van der Waals surface area contributed by atoms with E-state index in [0.29, 0.717) is 19.0 Å². The maximum atomic E-state index is 12.4. The third kappa shape index (κ3) is 4.89. The lowest BCUT2D eigenvalue weighted by Crippen LogP contribution is -2.43. The number of methoxy groups -OCH3 is 1. The number of carbonyl (C=O) groups is 1. The Kier molecular flexibility index (Phi) is 7.17. The van der Waals surface area contributed by atoms with Gasteiger partial charge in [0.15, 0.2) is 0 Å². The molecule has 1 unspecified atom stereocenters. The molecule has 5 heteroatoms. The molecule has 1 saturated heterocycles. The van der Waals surface area contributed by atoms with Gasteiger partial charge >= 0.3 is 0 Å². The van der Waals surface area contributed by atoms with Crippen LogP contribution in [0.25, 0.3) is 0 Å². The Morgan fingerprint density at radius 3 is 2.77 bits per heavy atom. The number of amides is 1. The Balaban J connectivity index is 0.00000242. The van der Waals surface area contributed by atoms with Gasteiger partial charge in [-0.1, -0.05) is 32.0 Å². The summed E-state index contributed by atoms with van der Waals surface area (Å²) in [5.74, 6) is 0.943. The summed E-state index contributed by atoms with van der Waals surface area (Å²) >= 11 is 0. The van der Waals surface area contributed by atoms with Crippen LogP contribution in [-0.2, 0) is 11.2 Å². The minimum absolute atomic E-state index is 0. The van der Waals surface area contributed by atoms with E-state index in [-0.39, 0.29) is 18.3 Å². The van der Waals surface area contributed by atoms with Crippen molar-refractivity contribution in [1.29, 1.82) is 0 Å². The third-order valence-electron chi connectivity index (χ3n) is 4.11. The third-order valence-corrected chi connectivity index (χ3v) is 4.11. The van der Waals surface area contributed by atoms with Gasteiger partial charge in [-0.25, -0.2) is 0 Å². The highest BCUT2D eigenvalue weighted by Crippen LogP contribution is 2.27. The van der Waals surface area contributed by atoms with E-state index in [0.717, 1.165) is 24.3 Å². The Morgan fingerprint density at radius 1 is 1.41 bits per heavy atom. The molecule has 1 aliphatic rings. The van der Waals surface area contributed by atoms with Crippen LogP contribution in [-0.4, -0.2) is 32.1 Å². The fourth-order valence-electron chi connectivity index (χ4n) is 2.79. The zero-order valence-corrected chi connectivity index (χ0v) is 14.5. The maximum Gasteiger partial charge on any atom is 0.226 e. The molecule has 2 rings (SSSR count). The summed E-state index contributed by atoms with van der Waals surface area (Å²) in [6.45, 7) is 5.74. The van der Waals surface area contributed by atoms with Crippen molar-refractivity contribution in [2.45, 2.75) is 39.2 Å². The number of halogens is 1. The SMILES string of the molecule is COc1ccccc1CC(C)(C)C(=O)NCC1CCCN1.Cl. The van der Waals surface area contributed by atoms with E-state index in [9.17, 15) is 4.79 Å². The van der Waals surface area contributed by atoms with E-state index in [1.165, 1.54) is 6.42 Å². The van der Waals surface area contributed by atoms with Crippen LogP contribution in [0.3, 0.4) is 0 Å². The van der Waals surface area contributed by atoms with E-state index in [1.54, 1.807) is 7.11 Å². The maximum absolute atomic E-state index is 12.4. The predicted octanol–water partition coefficient (Wildman–Crippen LogP) is 2.55. The molecule has 2 N–H and O–H groups in total. The molecule has 0 aliphatic carbocycles. The monoisotopic (exact) mass is 326 g/mol. The van der Waals surface area contributed by atoms with Gasteiger partial charge in [0.05, 0.1) is 7.11 Å². The van der Waals surface area contributed by atoms with Gasteiger partial charge in [0.1, 0.15) is 5.75 Å². The Bertz CT molecular complexity index is 485. The van der Waals surface area contributed by atoms with Gasteiger partial charge in [-0.15, -0.1) is 12.4 Å². The summed E-state index contributed by atoms with van der Waals surface area (Å²) in [5.41, 5.74) is 0.617. The average Bonchev–Trinajstić information content (AvgIpc) is 2.98. The second kappa shape index (κ2) is 8.39. The molecule has 4 nitrogen and oxygen atoms in total. The predicted molar refractivity (Wildman–Crippen MR) is 91.8 cm³/mol. The van der Waals surface area contributed by atoms with Crippen molar-refractivity contribution < 1.29 is 9.53 Å². The molecule has 22 heavy (non-hydrogen) atoms. The van der Waals surface area contributed by atoms with Crippen LogP contribution >= 0.6 is 12.4 Å². The number of hydrogen-bond acceptors (Lipinski definition) is 3. The van der Waals surface area contributed by atoms with Crippen molar-refractivity contribution >= 4 is 18.3 Å². The lowest BCUT2D eigenvalue weighted by Gasteiger charge is -2.25. The molecule has 0 radical (unpaired) electrons. The summed E-state index contributed by atoms with van der Waals surface area (Å²) in [6.07, 6.45) is 3.01. The topological polar surface area (TPSA) is 50.4 Å². The van der Waals surface area contributed by atoms with Crippen LogP contribution in [0.5, 0.6) is 5.75 Å². The first-order valence-electron chi connectivity index (χ1n) is 7.66. The van der Waals surface area contributed by atoms with E-state index >= 15 is 0 Å². The number of benzene rings is 1. The lowest BCUT2D eigenvalue weighted by atomic mass is 9.84. The standard InChI is InChI=1S/C17H26N2O2.ClH/c1-17(2,11-13-7-4-5-9-15(13)21-3)16(20)19-12-14-8-6-10-18-14;/h4-5,7,9,14,18H,6,8,10-12H2,1-3H3,(H,19,20);1H. The summed E-state index contributed by atoms with van der Waals surface area (Å²) < 4.78 is 5.37. The van der Waals surface area contributed by atoms with Gasteiger partial charge in [-0.2, -0.15) is 0 Å². The van der Waals surface area contributed by atoms with Crippen molar-refractivity contribution in [3.8, 4) is 5.75 Å². The normalized spacial score (nSPS) is 17.7. The smallest absolute Gasteiger partial charge is 0.226 e. The molecule has 124 valence electrons. The number of hydrogen-bond donors (Lipinski definition) is 2. The quantitative estimate of drug-likeness (QED) is 0.844. The molecule has 1 fully saturated rings. The molecule has 1 amide bonds. The minimum atomic E-state index is -0.451. The zero-order chi connectivity index (χ0) is 15.3. The fraction of sp³-hybridized carbons (Fsp3) is 0.588. The Hall–Kier alpha value is -1.26. The van der Waals surface area contributed by atoms with Gasteiger partial charge in [-0.3, -0.25) is 4.79 Å². The van der Waals surface area contributed by atoms with E-state index in [2.05, 4.69) is 10.6 Å². The van der Waals surface area contributed by atoms with E-state index in [4.69, 9.17) is 4.74 Å². The van der Waals surface area contributed by atoms with Crippen LogP contribution in [0.15, 0.2) is 24.3 Å². The highest BCUT2D eigenvalue weighted by molar-refractivity contribution is 5.85. The van der Waals surface area contributed by atoms with Crippen molar-refractivity contribution in [3.63, 3.8) is 0 Å². The molecule has 1 aromatic carbocycles. The van der Waals surface area contributed by atoms with Crippen molar-refractivity contribution in [3.05, 3.63) is 29.8 Å². The van der Waals surface area contributed by atoms with Crippen molar-refractivity contribution in [2.75, 3.05) is 20.2 Å².